The Morgan fingerprint density at radius 2 is 1.82 bits per heavy atom. The molecule has 1 aromatic heterocycles. The number of carbonyl (C=O) groups excluding carboxylic acids is 2. The van der Waals surface area contributed by atoms with Gasteiger partial charge in [-0.15, -0.1) is 11.3 Å². The first kappa shape index (κ1) is 18.7. The van der Waals surface area contributed by atoms with Gasteiger partial charge in [-0.2, -0.15) is 0 Å². The lowest BCUT2D eigenvalue weighted by molar-refractivity contribution is 0.0527. The van der Waals surface area contributed by atoms with Gasteiger partial charge in [-0.05, 0) is 55.0 Å². The zero-order chi connectivity index (χ0) is 19.5. The van der Waals surface area contributed by atoms with Gasteiger partial charge in [0.1, 0.15) is 5.00 Å². The third kappa shape index (κ3) is 3.54. The van der Waals surface area contributed by atoms with Gasteiger partial charge in [0.05, 0.1) is 12.2 Å². The first-order chi connectivity index (χ1) is 13.7. The Morgan fingerprint density at radius 3 is 2.68 bits per heavy atom. The maximum atomic E-state index is 13.1. The molecule has 144 valence electrons. The summed E-state index contributed by atoms with van der Waals surface area (Å²) in [5, 5.41) is 5.55. The van der Waals surface area contributed by atoms with E-state index in [0.29, 0.717) is 22.7 Å². The number of carbonyl (C=O) groups is 2. The third-order valence-corrected chi connectivity index (χ3v) is 6.37. The summed E-state index contributed by atoms with van der Waals surface area (Å²) in [4.78, 5) is 27.0. The number of ether oxygens (including phenoxy) is 1. The van der Waals surface area contributed by atoms with Gasteiger partial charge < -0.3 is 10.1 Å². The number of amides is 1. The molecule has 28 heavy (non-hydrogen) atoms. The molecule has 0 spiro atoms. The predicted octanol–water partition coefficient (Wildman–Crippen LogP) is 5.60. The molecule has 2 aromatic carbocycles. The predicted molar refractivity (Wildman–Crippen MR) is 113 cm³/mol. The molecule has 1 amide bonds. The van der Waals surface area contributed by atoms with E-state index in [9.17, 15) is 9.59 Å². The number of benzene rings is 2. The molecule has 0 saturated heterocycles. The molecular formula is C23H23NO3S. The normalized spacial score (nSPS) is 13.6. The summed E-state index contributed by atoms with van der Waals surface area (Å²) in [5.41, 5.74) is 2.23. The molecule has 1 aliphatic rings. The van der Waals surface area contributed by atoms with Crippen molar-refractivity contribution >= 4 is 39.0 Å². The van der Waals surface area contributed by atoms with E-state index >= 15 is 0 Å². The van der Waals surface area contributed by atoms with Gasteiger partial charge in [-0.1, -0.05) is 42.8 Å². The molecule has 0 unspecified atom stereocenters. The lowest BCUT2D eigenvalue weighted by Crippen LogP contribution is -2.15. The van der Waals surface area contributed by atoms with Crippen molar-refractivity contribution in [3.63, 3.8) is 0 Å². The summed E-state index contributed by atoms with van der Waals surface area (Å²) in [5.74, 6) is -0.533. The zero-order valence-electron chi connectivity index (χ0n) is 15.9. The number of rotatable bonds is 4. The quantitative estimate of drug-likeness (QED) is 0.464. The van der Waals surface area contributed by atoms with Crippen molar-refractivity contribution in [2.75, 3.05) is 11.9 Å². The van der Waals surface area contributed by atoms with Crippen LogP contribution in [0, 0.1) is 0 Å². The van der Waals surface area contributed by atoms with E-state index in [1.54, 1.807) is 6.92 Å². The first-order valence-corrected chi connectivity index (χ1v) is 10.6. The van der Waals surface area contributed by atoms with Crippen LogP contribution in [0.1, 0.15) is 57.3 Å². The van der Waals surface area contributed by atoms with Crippen molar-refractivity contribution in [3.05, 3.63) is 64.0 Å². The second kappa shape index (κ2) is 8.15. The highest BCUT2D eigenvalue weighted by Crippen LogP contribution is 2.38. The van der Waals surface area contributed by atoms with E-state index in [-0.39, 0.29) is 11.9 Å². The van der Waals surface area contributed by atoms with Crippen LogP contribution in [-0.4, -0.2) is 18.5 Å². The number of anilines is 1. The van der Waals surface area contributed by atoms with Crippen LogP contribution in [0.5, 0.6) is 0 Å². The maximum Gasteiger partial charge on any atom is 0.341 e. The highest BCUT2D eigenvalue weighted by Gasteiger charge is 2.27. The lowest BCUT2D eigenvalue weighted by atomic mass is 10.0. The van der Waals surface area contributed by atoms with E-state index in [1.807, 2.05) is 42.5 Å². The molecule has 3 aromatic rings. The van der Waals surface area contributed by atoms with Gasteiger partial charge in [-0.3, -0.25) is 4.79 Å². The van der Waals surface area contributed by atoms with Crippen LogP contribution >= 0.6 is 11.3 Å². The summed E-state index contributed by atoms with van der Waals surface area (Å²) in [7, 11) is 0. The van der Waals surface area contributed by atoms with Crippen molar-refractivity contribution in [1.29, 1.82) is 0 Å². The number of hydrogen-bond donors (Lipinski definition) is 1. The van der Waals surface area contributed by atoms with Crippen LogP contribution in [0.4, 0.5) is 5.00 Å². The average molecular weight is 394 g/mol. The molecule has 0 aliphatic heterocycles. The third-order valence-electron chi connectivity index (χ3n) is 5.16. The van der Waals surface area contributed by atoms with E-state index in [2.05, 4.69) is 5.32 Å². The van der Waals surface area contributed by atoms with Crippen molar-refractivity contribution in [2.45, 2.75) is 39.0 Å². The molecule has 1 heterocycles. The monoisotopic (exact) mass is 393 g/mol. The van der Waals surface area contributed by atoms with Gasteiger partial charge >= 0.3 is 5.97 Å². The van der Waals surface area contributed by atoms with Crippen LogP contribution in [-0.2, 0) is 17.6 Å². The Hall–Kier alpha value is -2.66. The Morgan fingerprint density at radius 1 is 1.04 bits per heavy atom. The average Bonchev–Trinajstić information content (AvgIpc) is 2.88. The fraction of sp³-hybridized carbons (Fsp3) is 0.304. The molecule has 0 radical (unpaired) electrons. The van der Waals surface area contributed by atoms with Gasteiger partial charge in [-0.25, -0.2) is 4.79 Å². The van der Waals surface area contributed by atoms with Gasteiger partial charge in [0, 0.05) is 10.4 Å². The topological polar surface area (TPSA) is 55.4 Å². The SMILES string of the molecule is CCOC(=O)c1c(NC(=O)c2cccc3ccccc23)sc2c1CCCCC2. The molecule has 0 bridgehead atoms. The van der Waals surface area contributed by atoms with Gasteiger partial charge in [0.25, 0.3) is 5.91 Å². The van der Waals surface area contributed by atoms with Crippen LogP contribution in [0.15, 0.2) is 42.5 Å². The Kier molecular flexibility index (Phi) is 5.44. The van der Waals surface area contributed by atoms with E-state index in [0.717, 1.165) is 42.0 Å². The van der Waals surface area contributed by atoms with E-state index < -0.39 is 0 Å². The fourth-order valence-electron chi connectivity index (χ4n) is 3.84. The number of esters is 1. The van der Waals surface area contributed by atoms with Crippen LogP contribution < -0.4 is 5.32 Å². The van der Waals surface area contributed by atoms with E-state index in [1.165, 1.54) is 22.6 Å². The fourth-order valence-corrected chi connectivity index (χ4v) is 5.12. The molecule has 0 fully saturated rings. The zero-order valence-corrected chi connectivity index (χ0v) is 16.7. The molecule has 0 saturated carbocycles. The Balaban J connectivity index is 1.72. The molecule has 0 atom stereocenters. The summed E-state index contributed by atoms with van der Waals surface area (Å²) >= 11 is 1.53. The number of thiophene rings is 1. The second-order valence-corrected chi connectivity index (χ2v) is 8.08. The summed E-state index contributed by atoms with van der Waals surface area (Å²) in [6, 6.07) is 13.5. The number of hydrogen-bond acceptors (Lipinski definition) is 4. The first-order valence-electron chi connectivity index (χ1n) is 9.79. The van der Waals surface area contributed by atoms with E-state index in [4.69, 9.17) is 4.74 Å². The van der Waals surface area contributed by atoms with Crippen LogP contribution in [0.25, 0.3) is 10.8 Å². The van der Waals surface area contributed by atoms with Gasteiger partial charge in [0.15, 0.2) is 0 Å². The van der Waals surface area contributed by atoms with Crippen LogP contribution in [0.3, 0.4) is 0 Å². The Labute approximate surface area is 168 Å². The second-order valence-electron chi connectivity index (χ2n) is 6.97. The lowest BCUT2D eigenvalue weighted by Gasteiger charge is -2.10. The minimum Gasteiger partial charge on any atom is -0.462 e. The highest BCUT2D eigenvalue weighted by molar-refractivity contribution is 7.17. The summed E-state index contributed by atoms with van der Waals surface area (Å²) in [6.45, 7) is 2.12. The molecular weight excluding hydrogens is 370 g/mol. The molecule has 4 rings (SSSR count). The Bertz CT molecular complexity index is 1030. The summed E-state index contributed by atoms with van der Waals surface area (Å²) in [6.07, 6.45) is 5.17. The van der Waals surface area contributed by atoms with Crippen molar-refractivity contribution in [1.82, 2.24) is 0 Å². The van der Waals surface area contributed by atoms with Crippen molar-refractivity contribution in [3.8, 4) is 0 Å². The largest absolute Gasteiger partial charge is 0.462 e. The number of fused-ring (bicyclic) bond motifs is 2. The minimum absolute atomic E-state index is 0.196. The molecule has 1 aliphatic carbocycles. The number of nitrogens with one attached hydrogen (secondary N) is 1. The molecule has 1 N–H and O–H groups in total. The summed E-state index contributed by atoms with van der Waals surface area (Å²) < 4.78 is 5.31. The number of aryl methyl sites for hydroxylation is 1. The van der Waals surface area contributed by atoms with Crippen LogP contribution in [0.2, 0.25) is 0 Å². The smallest absolute Gasteiger partial charge is 0.341 e. The maximum absolute atomic E-state index is 13.1. The minimum atomic E-state index is -0.338. The highest BCUT2D eigenvalue weighted by atomic mass is 32.1. The standard InChI is InChI=1S/C23H23NO3S/c1-2-27-23(26)20-18-12-4-3-5-14-19(18)28-22(20)24-21(25)17-13-8-10-15-9-6-7-11-16(15)17/h6-11,13H,2-5,12,14H2,1H3,(H,24,25). The molecule has 4 nitrogen and oxygen atoms in total. The van der Waals surface area contributed by atoms with Crippen molar-refractivity contribution in [2.24, 2.45) is 0 Å². The van der Waals surface area contributed by atoms with Crippen molar-refractivity contribution < 1.29 is 14.3 Å². The van der Waals surface area contributed by atoms with Gasteiger partial charge in [0.2, 0.25) is 0 Å². The molecule has 5 heteroatoms.